The molecule has 0 unspecified atom stereocenters. The van der Waals surface area contributed by atoms with Gasteiger partial charge in [0, 0.05) is 29.4 Å². The number of nitrogens with zero attached hydrogens (tertiary/aromatic N) is 3. The summed E-state index contributed by atoms with van der Waals surface area (Å²) in [5.41, 5.74) is 2.02. The summed E-state index contributed by atoms with van der Waals surface area (Å²) in [6.07, 6.45) is 5.09. The number of aromatic nitrogens is 2. The molecule has 0 radical (unpaired) electrons. The lowest BCUT2D eigenvalue weighted by molar-refractivity contribution is 0.189. The molecule has 1 saturated carbocycles. The smallest absolute Gasteiger partial charge is 0.0950 e. The van der Waals surface area contributed by atoms with Gasteiger partial charge in [0.05, 0.1) is 24.0 Å². The number of fused-ring (bicyclic) bond motifs is 1. The van der Waals surface area contributed by atoms with Crippen molar-refractivity contribution in [1.82, 2.24) is 14.7 Å². The fraction of sp³-hybridized carbons (Fsp3) is 0.611. The van der Waals surface area contributed by atoms with Crippen LogP contribution in [-0.4, -0.2) is 26.3 Å². The van der Waals surface area contributed by atoms with Crippen LogP contribution in [0.2, 0.25) is 0 Å². The van der Waals surface area contributed by atoms with Crippen LogP contribution in [0.5, 0.6) is 0 Å². The van der Waals surface area contributed by atoms with Crippen LogP contribution < -0.4 is 0 Å². The van der Waals surface area contributed by atoms with Crippen molar-refractivity contribution in [2.45, 2.75) is 64.3 Å². The van der Waals surface area contributed by atoms with Crippen molar-refractivity contribution < 1.29 is 5.11 Å². The zero-order valence-corrected chi connectivity index (χ0v) is 14.6. The van der Waals surface area contributed by atoms with E-state index in [0.717, 1.165) is 37.8 Å². The Labute approximate surface area is 141 Å². The van der Waals surface area contributed by atoms with Crippen LogP contribution in [0.3, 0.4) is 0 Å². The van der Waals surface area contributed by atoms with Crippen molar-refractivity contribution in [3.8, 4) is 0 Å². The molecule has 2 aromatic rings. The first-order chi connectivity index (χ1) is 11.2. The van der Waals surface area contributed by atoms with E-state index in [1.807, 2.05) is 11.3 Å². The minimum atomic E-state index is -0.479. The van der Waals surface area contributed by atoms with E-state index in [0.29, 0.717) is 0 Å². The van der Waals surface area contributed by atoms with Crippen LogP contribution in [0, 0.1) is 0 Å². The highest BCUT2D eigenvalue weighted by molar-refractivity contribution is 7.12. The van der Waals surface area contributed by atoms with Gasteiger partial charge in [0.15, 0.2) is 0 Å². The van der Waals surface area contributed by atoms with E-state index in [1.165, 1.54) is 36.3 Å². The van der Waals surface area contributed by atoms with Gasteiger partial charge in [0.1, 0.15) is 0 Å². The first-order valence-corrected chi connectivity index (χ1v) is 9.56. The van der Waals surface area contributed by atoms with Crippen molar-refractivity contribution in [3.63, 3.8) is 0 Å². The van der Waals surface area contributed by atoms with Gasteiger partial charge >= 0.3 is 0 Å². The molecule has 0 amide bonds. The molecule has 1 aliphatic carbocycles. The van der Waals surface area contributed by atoms with Gasteiger partial charge < -0.3 is 5.11 Å². The predicted octanol–water partition coefficient (Wildman–Crippen LogP) is 3.67. The van der Waals surface area contributed by atoms with E-state index in [9.17, 15) is 5.11 Å². The van der Waals surface area contributed by atoms with E-state index in [-0.39, 0.29) is 0 Å². The van der Waals surface area contributed by atoms with Gasteiger partial charge in [-0.15, -0.1) is 11.3 Å². The van der Waals surface area contributed by atoms with Crippen molar-refractivity contribution in [1.29, 1.82) is 0 Å². The Morgan fingerprint density at radius 3 is 2.91 bits per heavy atom. The average Bonchev–Trinajstić information content (AvgIpc) is 3.26. The molecule has 1 aliphatic heterocycles. The summed E-state index contributed by atoms with van der Waals surface area (Å²) in [6, 6.07) is 6.73. The Kier molecular flexibility index (Phi) is 4.26. The molecule has 1 N–H and O–H groups in total. The topological polar surface area (TPSA) is 41.3 Å². The molecule has 1 fully saturated rings. The molecule has 2 aromatic heterocycles. The third-order valence-corrected chi connectivity index (χ3v) is 6.38. The van der Waals surface area contributed by atoms with Crippen molar-refractivity contribution in [2.24, 2.45) is 0 Å². The maximum Gasteiger partial charge on any atom is 0.0950 e. The third-order valence-electron chi connectivity index (χ3n) is 5.14. The van der Waals surface area contributed by atoms with Gasteiger partial charge in [0.2, 0.25) is 0 Å². The fourth-order valence-corrected chi connectivity index (χ4v) is 5.04. The first kappa shape index (κ1) is 15.4. The first-order valence-electron chi connectivity index (χ1n) is 8.74. The summed E-state index contributed by atoms with van der Waals surface area (Å²) in [5, 5.41) is 14.2. The Morgan fingerprint density at radius 1 is 1.30 bits per heavy atom. The number of hydrogen-bond acceptors (Lipinski definition) is 4. The Hall–Kier alpha value is -1.17. The standard InChI is InChI=1S/C18H25N3OS/c1-13(22)17-10-15-11-20(8-9-21(15)19-17)12-16-6-7-18(23-16)14-4-2-3-5-14/h6-7,10,13-14,22H,2-5,8-9,11-12H2,1H3/t13-/m0/s1. The SMILES string of the molecule is C[C@H](O)c1cc2n(n1)CCN(Cc1ccc(C3CCCC3)s1)C2. The molecule has 124 valence electrons. The molecule has 23 heavy (non-hydrogen) atoms. The van der Waals surface area contributed by atoms with Gasteiger partial charge in [-0.05, 0) is 43.9 Å². The van der Waals surface area contributed by atoms with Gasteiger partial charge in [-0.2, -0.15) is 5.10 Å². The summed E-state index contributed by atoms with van der Waals surface area (Å²) in [5.74, 6) is 0.824. The summed E-state index contributed by atoms with van der Waals surface area (Å²) >= 11 is 2.01. The van der Waals surface area contributed by atoms with E-state index >= 15 is 0 Å². The van der Waals surface area contributed by atoms with Crippen LogP contribution in [0.25, 0.3) is 0 Å². The number of rotatable bonds is 4. The van der Waals surface area contributed by atoms with Crippen molar-refractivity contribution in [3.05, 3.63) is 39.3 Å². The molecule has 4 rings (SSSR count). The van der Waals surface area contributed by atoms with Gasteiger partial charge in [-0.3, -0.25) is 9.58 Å². The Morgan fingerprint density at radius 2 is 2.13 bits per heavy atom. The summed E-state index contributed by atoms with van der Waals surface area (Å²) in [4.78, 5) is 5.57. The molecule has 5 heteroatoms. The summed E-state index contributed by atoms with van der Waals surface area (Å²) < 4.78 is 2.05. The van der Waals surface area contributed by atoms with E-state index in [2.05, 4.69) is 32.9 Å². The van der Waals surface area contributed by atoms with E-state index in [1.54, 1.807) is 11.8 Å². The van der Waals surface area contributed by atoms with E-state index < -0.39 is 6.10 Å². The summed E-state index contributed by atoms with van der Waals surface area (Å²) in [7, 11) is 0. The zero-order valence-electron chi connectivity index (χ0n) is 13.7. The highest BCUT2D eigenvalue weighted by Crippen LogP contribution is 2.38. The summed E-state index contributed by atoms with van der Waals surface area (Å²) in [6.45, 7) is 5.69. The second-order valence-corrected chi connectivity index (χ2v) is 8.16. The van der Waals surface area contributed by atoms with Crippen LogP contribution in [0.15, 0.2) is 18.2 Å². The highest BCUT2D eigenvalue weighted by atomic mass is 32.1. The van der Waals surface area contributed by atoms with Gasteiger partial charge in [0.25, 0.3) is 0 Å². The Bertz CT molecular complexity index is 670. The highest BCUT2D eigenvalue weighted by Gasteiger charge is 2.22. The molecular weight excluding hydrogens is 306 g/mol. The van der Waals surface area contributed by atoms with Crippen molar-refractivity contribution >= 4 is 11.3 Å². The lowest BCUT2D eigenvalue weighted by Crippen LogP contribution is -2.33. The average molecular weight is 331 g/mol. The lowest BCUT2D eigenvalue weighted by Gasteiger charge is -2.26. The number of thiophene rings is 1. The van der Waals surface area contributed by atoms with Crippen molar-refractivity contribution in [2.75, 3.05) is 6.54 Å². The zero-order chi connectivity index (χ0) is 15.8. The second kappa shape index (κ2) is 6.38. The molecule has 0 saturated heterocycles. The third kappa shape index (κ3) is 3.23. The normalized spacial score (nSPS) is 20.8. The maximum atomic E-state index is 9.69. The molecular formula is C18H25N3OS. The monoisotopic (exact) mass is 331 g/mol. The second-order valence-electron chi connectivity index (χ2n) is 6.96. The van der Waals surface area contributed by atoms with Crippen LogP contribution in [-0.2, 0) is 19.6 Å². The fourth-order valence-electron chi connectivity index (χ4n) is 3.81. The molecule has 4 nitrogen and oxygen atoms in total. The predicted molar refractivity (Wildman–Crippen MR) is 92.5 cm³/mol. The Balaban J connectivity index is 1.41. The number of aliphatic hydroxyl groups excluding tert-OH is 1. The molecule has 0 aromatic carbocycles. The lowest BCUT2D eigenvalue weighted by atomic mass is 10.1. The quantitative estimate of drug-likeness (QED) is 0.929. The molecule has 0 bridgehead atoms. The minimum Gasteiger partial charge on any atom is -0.387 e. The van der Waals surface area contributed by atoms with Gasteiger partial charge in [-0.25, -0.2) is 0 Å². The number of hydrogen-bond donors (Lipinski definition) is 1. The van der Waals surface area contributed by atoms with Gasteiger partial charge in [-0.1, -0.05) is 12.8 Å². The number of aliphatic hydroxyl groups is 1. The molecule has 2 aliphatic rings. The molecule has 0 spiro atoms. The van der Waals surface area contributed by atoms with E-state index in [4.69, 9.17) is 0 Å². The van der Waals surface area contributed by atoms with Crippen LogP contribution in [0.1, 0.15) is 65.8 Å². The molecule has 3 heterocycles. The van der Waals surface area contributed by atoms with Crippen LogP contribution in [0.4, 0.5) is 0 Å². The minimum absolute atomic E-state index is 0.479. The van der Waals surface area contributed by atoms with Crippen LogP contribution >= 0.6 is 11.3 Å². The maximum absolute atomic E-state index is 9.69. The largest absolute Gasteiger partial charge is 0.387 e. The molecule has 1 atom stereocenters.